The number of halogens is 1. The Bertz CT molecular complexity index is 85.7. The number of nitrogens with two attached hydrogens (primary N) is 1. The largest absolute Gasteiger partial charge is 0.396 e. The molecule has 0 saturated heterocycles. The van der Waals surface area contributed by atoms with Gasteiger partial charge in [-0.15, -0.1) is 12.4 Å². The minimum atomic E-state index is 0. The highest BCUT2D eigenvalue weighted by atomic mass is 35.5. The van der Waals surface area contributed by atoms with Gasteiger partial charge in [-0.2, -0.15) is 0 Å². The summed E-state index contributed by atoms with van der Waals surface area (Å²) in [5.41, 5.74) is 5.73. The van der Waals surface area contributed by atoms with Gasteiger partial charge in [-0.1, -0.05) is 6.42 Å². The van der Waals surface area contributed by atoms with Gasteiger partial charge in [0.25, 0.3) is 0 Å². The van der Waals surface area contributed by atoms with E-state index in [0.29, 0.717) is 0 Å². The normalized spacial score (nSPS) is 21.0. The molecular formula is C7H16ClNO. The van der Waals surface area contributed by atoms with Gasteiger partial charge in [0.05, 0.1) is 0 Å². The molecule has 0 amide bonds. The molecule has 0 aliphatic heterocycles. The number of aliphatic hydroxyl groups excluding tert-OH is 1. The van der Waals surface area contributed by atoms with Crippen molar-refractivity contribution in [2.45, 2.75) is 31.7 Å². The van der Waals surface area contributed by atoms with Gasteiger partial charge in [0.2, 0.25) is 0 Å². The first kappa shape index (κ1) is 10.2. The summed E-state index contributed by atoms with van der Waals surface area (Å²) in [6, 6.07) is 0.267. The molecule has 1 unspecified atom stereocenters. The molecular weight excluding hydrogens is 150 g/mol. The molecule has 0 heterocycles. The quantitative estimate of drug-likeness (QED) is 0.654. The predicted molar refractivity (Wildman–Crippen MR) is 44.3 cm³/mol. The molecule has 3 N–H and O–H groups in total. The standard InChI is InChI=1S/C7H15NO.ClH/c8-7(4-5-9)6-2-1-3-6;/h6-7,9H,1-5,8H2;1H. The van der Waals surface area contributed by atoms with Gasteiger partial charge in [-0.25, -0.2) is 0 Å². The van der Waals surface area contributed by atoms with Crippen LogP contribution in [0, 0.1) is 5.92 Å². The Morgan fingerprint density at radius 1 is 1.50 bits per heavy atom. The molecule has 3 heteroatoms. The second-order valence-electron chi connectivity index (χ2n) is 2.87. The first-order valence-corrected chi connectivity index (χ1v) is 3.71. The van der Waals surface area contributed by atoms with Gasteiger partial charge in [-0.05, 0) is 25.2 Å². The van der Waals surface area contributed by atoms with E-state index in [0.717, 1.165) is 12.3 Å². The Labute approximate surface area is 68.2 Å². The highest BCUT2D eigenvalue weighted by Crippen LogP contribution is 2.29. The van der Waals surface area contributed by atoms with Crippen LogP contribution in [-0.2, 0) is 0 Å². The smallest absolute Gasteiger partial charge is 0.0445 e. The highest BCUT2D eigenvalue weighted by molar-refractivity contribution is 5.85. The molecule has 1 aliphatic carbocycles. The van der Waals surface area contributed by atoms with Crippen molar-refractivity contribution in [3.8, 4) is 0 Å². The van der Waals surface area contributed by atoms with E-state index in [1.807, 2.05) is 0 Å². The zero-order chi connectivity index (χ0) is 6.69. The van der Waals surface area contributed by atoms with E-state index in [-0.39, 0.29) is 25.1 Å². The van der Waals surface area contributed by atoms with Crippen LogP contribution in [0.1, 0.15) is 25.7 Å². The lowest BCUT2D eigenvalue weighted by atomic mass is 9.79. The summed E-state index contributed by atoms with van der Waals surface area (Å²) in [4.78, 5) is 0. The van der Waals surface area contributed by atoms with Crippen LogP contribution in [0.25, 0.3) is 0 Å². The molecule has 1 saturated carbocycles. The molecule has 0 radical (unpaired) electrons. The van der Waals surface area contributed by atoms with Gasteiger partial charge in [0.15, 0.2) is 0 Å². The fourth-order valence-corrected chi connectivity index (χ4v) is 1.25. The van der Waals surface area contributed by atoms with Crippen molar-refractivity contribution in [1.82, 2.24) is 0 Å². The van der Waals surface area contributed by atoms with Crippen molar-refractivity contribution < 1.29 is 5.11 Å². The number of hydrogen-bond acceptors (Lipinski definition) is 2. The van der Waals surface area contributed by atoms with Crippen LogP contribution < -0.4 is 5.73 Å². The predicted octanol–water partition coefficient (Wildman–Crippen LogP) is 0.918. The topological polar surface area (TPSA) is 46.2 Å². The lowest BCUT2D eigenvalue weighted by Gasteiger charge is -2.30. The van der Waals surface area contributed by atoms with Crippen LogP contribution in [0.2, 0.25) is 0 Å². The Kier molecular flexibility index (Phi) is 5.04. The van der Waals surface area contributed by atoms with Crippen LogP contribution in [0.3, 0.4) is 0 Å². The molecule has 1 aliphatic rings. The van der Waals surface area contributed by atoms with Crippen molar-refractivity contribution in [3.05, 3.63) is 0 Å². The Morgan fingerprint density at radius 3 is 2.40 bits per heavy atom. The molecule has 10 heavy (non-hydrogen) atoms. The minimum Gasteiger partial charge on any atom is -0.396 e. The third-order valence-corrected chi connectivity index (χ3v) is 2.22. The highest BCUT2D eigenvalue weighted by Gasteiger charge is 2.23. The van der Waals surface area contributed by atoms with Crippen LogP contribution >= 0.6 is 12.4 Å². The molecule has 0 aromatic carbocycles. The maximum Gasteiger partial charge on any atom is 0.0445 e. The monoisotopic (exact) mass is 165 g/mol. The summed E-state index contributed by atoms with van der Waals surface area (Å²) in [7, 11) is 0. The third-order valence-electron chi connectivity index (χ3n) is 2.22. The minimum absolute atomic E-state index is 0. The van der Waals surface area contributed by atoms with Crippen molar-refractivity contribution in [2.75, 3.05) is 6.61 Å². The molecule has 1 rings (SSSR count). The zero-order valence-electron chi connectivity index (χ0n) is 6.12. The van der Waals surface area contributed by atoms with E-state index in [1.54, 1.807) is 0 Å². The summed E-state index contributed by atoms with van der Waals surface area (Å²) >= 11 is 0. The molecule has 1 atom stereocenters. The molecule has 2 nitrogen and oxygen atoms in total. The number of hydrogen-bond donors (Lipinski definition) is 2. The summed E-state index contributed by atoms with van der Waals surface area (Å²) in [6.07, 6.45) is 4.68. The van der Waals surface area contributed by atoms with Crippen molar-refractivity contribution in [2.24, 2.45) is 11.7 Å². The van der Waals surface area contributed by atoms with E-state index < -0.39 is 0 Å². The second kappa shape index (κ2) is 4.94. The average molecular weight is 166 g/mol. The van der Waals surface area contributed by atoms with E-state index >= 15 is 0 Å². The zero-order valence-corrected chi connectivity index (χ0v) is 6.94. The average Bonchev–Trinajstić information content (AvgIpc) is 1.60. The second-order valence-corrected chi connectivity index (χ2v) is 2.87. The van der Waals surface area contributed by atoms with Gasteiger partial charge in [-0.3, -0.25) is 0 Å². The van der Waals surface area contributed by atoms with Crippen LogP contribution in [0.4, 0.5) is 0 Å². The fraction of sp³-hybridized carbons (Fsp3) is 1.00. The molecule has 0 aromatic rings. The van der Waals surface area contributed by atoms with Crippen molar-refractivity contribution in [3.63, 3.8) is 0 Å². The third kappa shape index (κ3) is 2.45. The van der Waals surface area contributed by atoms with Crippen molar-refractivity contribution >= 4 is 12.4 Å². The molecule has 1 fully saturated rings. The van der Waals surface area contributed by atoms with Crippen LogP contribution in [0.5, 0.6) is 0 Å². The summed E-state index contributed by atoms with van der Waals surface area (Å²) in [6.45, 7) is 0.248. The summed E-state index contributed by atoms with van der Waals surface area (Å²) < 4.78 is 0. The Balaban J connectivity index is 0.000000810. The van der Waals surface area contributed by atoms with Gasteiger partial charge >= 0.3 is 0 Å². The SMILES string of the molecule is Cl.NC(CCO)C1CCC1. The fourth-order valence-electron chi connectivity index (χ4n) is 1.25. The number of rotatable bonds is 3. The van der Waals surface area contributed by atoms with Crippen molar-refractivity contribution in [1.29, 1.82) is 0 Å². The van der Waals surface area contributed by atoms with Crippen LogP contribution in [0.15, 0.2) is 0 Å². The summed E-state index contributed by atoms with van der Waals surface area (Å²) in [5, 5.41) is 8.53. The molecule has 0 spiro atoms. The van der Waals surface area contributed by atoms with Gasteiger partial charge < -0.3 is 10.8 Å². The molecule has 0 bridgehead atoms. The molecule has 62 valence electrons. The van der Waals surface area contributed by atoms with Gasteiger partial charge in [0, 0.05) is 12.6 Å². The maximum atomic E-state index is 8.53. The van der Waals surface area contributed by atoms with E-state index in [2.05, 4.69) is 0 Å². The lowest BCUT2D eigenvalue weighted by Crippen LogP contribution is -2.35. The Morgan fingerprint density at radius 2 is 2.10 bits per heavy atom. The van der Waals surface area contributed by atoms with E-state index in [1.165, 1.54) is 19.3 Å². The number of aliphatic hydroxyl groups is 1. The van der Waals surface area contributed by atoms with Gasteiger partial charge in [0.1, 0.15) is 0 Å². The first-order valence-electron chi connectivity index (χ1n) is 3.71. The molecule has 0 aromatic heterocycles. The van der Waals surface area contributed by atoms with Crippen LogP contribution in [-0.4, -0.2) is 17.8 Å². The van der Waals surface area contributed by atoms with E-state index in [4.69, 9.17) is 10.8 Å². The lowest BCUT2D eigenvalue weighted by molar-refractivity contribution is 0.208. The Hall–Kier alpha value is 0.210. The summed E-state index contributed by atoms with van der Waals surface area (Å²) in [5.74, 6) is 0.720. The maximum absolute atomic E-state index is 8.53. The van der Waals surface area contributed by atoms with E-state index in [9.17, 15) is 0 Å². The first-order chi connectivity index (χ1) is 4.34.